The third kappa shape index (κ3) is 3.50. The average Bonchev–Trinajstić information content (AvgIpc) is 2.68. The molecule has 1 fully saturated rings. The number of ether oxygens (including phenoxy) is 1. The highest BCUT2D eigenvalue weighted by Crippen LogP contribution is 2.12. The van der Waals surface area contributed by atoms with Crippen LogP contribution in [0.5, 0.6) is 0 Å². The molecule has 0 spiro atoms. The van der Waals surface area contributed by atoms with Crippen LogP contribution >= 0.6 is 0 Å². The maximum absolute atomic E-state index is 11.5. The molecule has 4 N–H and O–H groups in total. The lowest BCUT2D eigenvalue weighted by molar-refractivity contribution is -0.144. The van der Waals surface area contributed by atoms with Crippen LogP contribution in [0.25, 0.3) is 0 Å². The number of hydrogen-bond acceptors (Lipinski definition) is 4. The molecular weight excluding hydrogens is 216 g/mol. The van der Waals surface area contributed by atoms with E-state index in [1.807, 2.05) is 0 Å². The lowest BCUT2D eigenvalue weighted by Gasteiger charge is -2.15. The quantitative estimate of drug-likeness (QED) is 0.537. The predicted molar refractivity (Wildman–Crippen MR) is 52.4 cm³/mol. The number of carboxylic acids is 1. The summed E-state index contributed by atoms with van der Waals surface area (Å²) >= 11 is 0. The van der Waals surface area contributed by atoms with Crippen molar-refractivity contribution in [3.63, 3.8) is 0 Å². The highest BCUT2D eigenvalue weighted by Gasteiger charge is 2.28. The van der Waals surface area contributed by atoms with Gasteiger partial charge >= 0.3 is 5.97 Å². The summed E-state index contributed by atoms with van der Waals surface area (Å²) in [5.41, 5.74) is 4.88. The molecule has 0 radical (unpaired) electrons. The number of carboxylic acid groups (broad SMARTS) is 1. The van der Waals surface area contributed by atoms with Gasteiger partial charge < -0.3 is 20.9 Å². The van der Waals surface area contributed by atoms with E-state index < -0.39 is 36.4 Å². The van der Waals surface area contributed by atoms with E-state index in [9.17, 15) is 14.4 Å². The molecule has 1 aliphatic heterocycles. The van der Waals surface area contributed by atoms with Gasteiger partial charge in [0.2, 0.25) is 11.8 Å². The van der Waals surface area contributed by atoms with E-state index in [1.54, 1.807) is 0 Å². The lowest BCUT2D eigenvalue weighted by atomic mass is 10.1. The van der Waals surface area contributed by atoms with E-state index in [2.05, 4.69) is 5.32 Å². The van der Waals surface area contributed by atoms with E-state index in [0.717, 1.165) is 6.42 Å². The first-order valence-corrected chi connectivity index (χ1v) is 4.94. The largest absolute Gasteiger partial charge is 0.480 e. The first kappa shape index (κ1) is 12.4. The van der Waals surface area contributed by atoms with Gasteiger partial charge in [0.15, 0.2) is 0 Å². The first-order valence-electron chi connectivity index (χ1n) is 4.94. The fourth-order valence-electron chi connectivity index (χ4n) is 1.45. The molecule has 0 saturated carbocycles. The van der Waals surface area contributed by atoms with Crippen LogP contribution in [0, 0.1) is 0 Å². The Kier molecular flexibility index (Phi) is 4.24. The Morgan fingerprint density at radius 3 is 2.62 bits per heavy atom. The zero-order valence-electron chi connectivity index (χ0n) is 8.64. The number of rotatable bonds is 5. The molecule has 1 rings (SSSR count). The van der Waals surface area contributed by atoms with Crippen molar-refractivity contribution in [1.29, 1.82) is 0 Å². The third-order valence-corrected chi connectivity index (χ3v) is 2.24. The summed E-state index contributed by atoms with van der Waals surface area (Å²) in [6.45, 7) is 0.492. The smallest absolute Gasteiger partial charge is 0.326 e. The van der Waals surface area contributed by atoms with E-state index in [0.29, 0.717) is 13.0 Å². The number of amides is 2. The summed E-state index contributed by atoms with van der Waals surface area (Å²) in [6, 6.07) is -1.28. The minimum atomic E-state index is -1.29. The molecule has 1 unspecified atom stereocenters. The Labute approximate surface area is 91.9 Å². The molecule has 0 aliphatic carbocycles. The second-order valence-corrected chi connectivity index (χ2v) is 3.57. The van der Waals surface area contributed by atoms with E-state index in [-0.39, 0.29) is 0 Å². The van der Waals surface area contributed by atoms with Crippen molar-refractivity contribution < 1.29 is 24.2 Å². The molecule has 2 amide bonds. The van der Waals surface area contributed by atoms with Crippen LogP contribution in [0.4, 0.5) is 0 Å². The Bertz CT molecular complexity index is 298. The summed E-state index contributed by atoms with van der Waals surface area (Å²) in [5, 5.41) is 11.0. The van der Waals surface area contributed by atoms with Gasteiger partial charge in [-0.3, -0.25) is 9.59 Å². The molecule has 7 nitrogen and oxygen atoms in total. The fraction of sp³-hybridized carbons (Fsp3) is 0.667. The SMILES string of the molecule is NC(=O)CC(NC(=O)[C@@H]1CCCO1)C(=O)O. The summed E-state index contributed by atoms with van der Waals surface area (Å²) in [6.07, 6.45) is 0.295. The summed E-state index contributed by atoms with van der Waals surface area (Å²) < 4.78 is 5.08. The third-order valence-electron chi connectivity index (χ3n) is 2.24. The number of hydrogen-bond donors (Lipinski definition) is 3. The van der Waals surface area contributed by atoms with Gasteiger partial charge in [0.05, 0.1) is 6.42 Å². The molecule has 16 heavy (non-hydrogen) atoms. The summed E-state index contributed by atoms with van der Waals surface area (Å²) in [7, 11) is 0. The van der Waals surface area contributed by atoms with Gasteiger partial charge in [-0.1, -0.05) is 0 Å². The minimum Gasteiger partial charge on any atom is -0.480 e. The molecule has 1 aliphatic rings. The fourth-order valence-corrected chi connectivity index (χ4v) is 1.45. The Morgan fingerprint density at radius 1 is 1.50 bits per heavy atom. The van der Waals surface area contributed by atoms with Crippen molar-refractivity contribution in [1.82, 2.24) is 5.32 Å². The highest BCUT2D eigenvalue weighted by molar-refractivity contribution is 5.89. The molecule has 1 saturated heterocycles. The van der Waals surface area contributed by atoms with Crippen molar-refractivity contribution >= 4 is 17.8 Å². The van der Waals surface area contributed by atoms with Gasteiger partial charge in [-0.25, -0.2) is 4.79 Å². The number of aliphatic carboxylic acids is 1. The van der Waals surface area contributed by atoms with Crippen LogP contribution in [0.1, 0.15) is 19.3 Å². The van der Waals surface area contributed by atoms with Gasteiger partial charge in [-0.2, -0.15) is 0 Å². The summed E-state index contributed by atoms with van der Waals surface area (Å²) in [4.78, 5) is 32.8. The molecule has 7 heteroatoms. The molecule has 1 heterocycles. The number of nitrogens with one attached hydrogen (secondary N) is 1. The Hall–Kier alpha value is -1.63. The van der Waals surface area contributed by atoms with Crippen molar-refractivity contribution in [3.8, 4) is 0 Å². The molecule has 90 valence electrons. The molecule has 0 aromatic carbocycles. The van der Waals surface area contributed by atoms with Crippen LogP contribution in [0.15, 0.2) is 0 Å². The normalized spacial score (nSPS) is 21.4. The van der Waals surface area contributed by atoms with Gasteiger partial charge in [0, 0.05) is 6.61 Å². The van der Waals surface area contributed by atoms with E-state index in [4.69, 9.17) is 15.6 Å². The van der Waals surface area contributed by atoms with Gasteiger partial charge in [0.1, 0.15) is 12.1 Å². The Morgan fingerprint density at radius 2 is 2.19 bits per heavy atom. The predicted octanol–water partition coefficient (Wildman–Crippen LogP) is -1.39. The van der Waals surface area contributed by atoms with Crippen molar-refractivity contribution in [2.45, 2.75) is 31.4 Å². The van der Waals surface area contributed by atoms with E-state index >= 15 is 0 Å². The molecular formula is C9H14N2O5. The molecule has 0 aromatic rings. The zero-order valence-corrected chi connectivity index (χ0v) is 8.64. The second kappa shape index (κ2) is 5.45. The number of nitrogens with two attached hydrogens (primary N) is 1. The van der Waals surface area contributed by atoms with Crippen LogP contribution in [0.2, 0.25) is 0 Å². The first-order chi connectivity index (χ1) is 7.50. The minimum absolute atomic E-state index is 0.423. The maximum atomic E-state index is 11.5. The highest BCUT2D eigenvalue weighted by atomic mass is 16.5. The second-order valence-electron chi connectivity index (χ2n) is 3.57. The van der Waals surface area contributed by atoms with Crippen molar-refractivity contribution in [2.24, 2.45) is 5.73 Å². The number of carbonyl (C=O) groups excluding carboxylic acids is 2. The van der Waals surface area contributed by atoms with Crippen molar-refractivity contribution in [3.05, 3.63) is 0 Å². The topological polar surface area (TPSA) is 119 Å². The summed E-state index contributed by atoms with van der Waals surface area (Å²) in [5.74, 6) is -2.57. The molecule has 2 atom stereocenters. The molecule has 0 aromatic heterocycles. The lowest BCUT2D eigenvalue weighted by Crippen LogP contribution is -2.47. The monoisotopic (exact) mass is 230 g/mol. The van der Waals surface area contributed by atoms with E-state index in [1.165, 1.54) is 0 Å². The van der Waals surface area contributed by atoms with Gasteiger partial charge in [-0.15, -0.1) is 0 Å². The van der Waals surface area contributed by atoms with Crippen LogP contribution in [-0.2, 0) is 19.1 Å². The number of carbonyl (C=O) groups is 3. The van der Waals surface area contributed by atoms with Crippen LogP contribution in [-0.4, -0.2) is 41.6 Å². The van der Waals surface area contributed by atoms with Crippen LogP contribution < -0.4 is 11.1 Å². The number of primary amides is 1. The zero-order chi connectivity index (χ0) is 12.1. The van der Waals surface area contributed by atoms with Crippen molar-refractivity contribution in [2.75, 3.05) is 6.61 Å². The van der Waals surface area contributed by atoms with Gasteiger partial charge in [0.25, 0.3) is 0 Å². The average molecular weight is 230 g/mol. The van der Waals surface area contributed by atoms with Crippen LogP contribution in [0.3, 0.4) is 0 Å². The standard InChI is InChI=1S/C9H14N2O5/c10-7(12)4-5(9(14)15)11-8(13)6-2-1-3-16-6/h5-6H,1-4H2,(H2,10,12)(H,11,13)(H,14,15)/t5?,6-/m0/s1. The molecule has 0 bridgehead atoms. The van der Waals surface area contributed by atoms with Gasteiger partial charge in [-0.05, 0) is 12.8 Å². The Balaban J connectivity index is 2.50. The maximum Gasteiger partial charge on any atom is 0.326 e.